The molecular formula is C25H22N2O. The Labute approximate surface area is 166 Å². The van der Waals surface area contributed by atoms with Gasteiger partial charge in [0.1, 0.15) is 11.1 Å². The average Bonchev–Trinajstić information content (AvgIpc) is 3.12. The van der Waals surface area contributed by atoms with Crippen LogP contribution in [0.5, 0.6) is 0 Å². The number of furan rings is 1. The summed E-state index contributed by atoms with van der Waals surface area (Å²) in [6, 6.07) is 19.6. The molecule has 0 atom stereocenters. The van der Waals surface area contributed by atoms with E-state index in [1.54, 1.807) is 12.3 Å². The zero-order chi connectivity index (χ0) is 21.1. The van der Waals surface area contributed by atoms with Gasteiger partial charge in [0.25, 0.3) is 0 Å². The second-order valence-corrected chi connectivity index (χ2v) is 8.08. The number of rotatable bonds is 2. The summed E-state index contributed by atoms with van der Waals surface area (Å²) in [7, 11) is 0. The number of hydrogen-bond donors (Lipinski definition) is 0. The van der Waals surface area contributed by atoms with Crippen LogP contribution in [0.4, 0.5) is 0 Å². The lowest BCUT2D eigenvalue weighted by atomic mass is 9.90. The molecule has 0 N–H and O–H groups in total. The standard InChI is InChI=1S/C25H22N2O/c1-25(2,3)15-17-12-10-16-11-13-19-18-7-6-8-20(21-9-4-5-14-26-21)23(18)28-24(19)22(16)27-17/h4-14H,15H2,1-3H3/i15D2. The number of benzene rings is 2. The van der Waals surface area contributed by atoms with E-state index in [0.717, 1.165) is 33.0 Å². The number of hydrogen-bond acceptors (Lipinski definition) is 3. The van der Waals surface area contributed by atoms with Crippen LogP contribution in [0.3, 0.4) is 0 Å². The highest BCUT2D eigenvalue weighted by molar-refractivity contribution is 6.16. The molecule has 3 heterocycles. The Morgan fingerprint density at radius 2 is 1.71 bits per heavy atom. The lowest BCUT2D eigenvalue weighted by Crippen LogP contribution is -2.10. The number of para-hydroxylation sites is 1. The van der Waals surface area contributed by atoms with E-state index in [4.69, 9.17) is 12.1 Å². The smallest absolute Gasteiger partial charge is 0.161 e. The first-order chi connectivity index (χ1) is 14.3. The Morgan fingerprint density at radius 1 is 0.893 bits per heavy atom. The summed E-state index contributed by atoms with van der Waals surface area (Å²) in [5, 5.41) is 2.90. The van der Waals surface area contributed by atoms with Gasteiger partial charge in [-0.3, -0.25) is 4.98 Å². The van der Waals surface area contributed by atoms with E-state index in [0.29, 0.717) is 16.8 Å². The molecule has 5 rings (SSSR count). The molecule has 5 aromatic rings. The van der Waals surface area contributed by atoms with Crippen LogP contribution in [0.15, 0.2) is 71.3 Å². The maximum atomic E-state index is 8.62. The molecule has 138 valence electrons. The Morgan fingerprint density at radius 3 is 2.50 bits per heavy atom. The largest absolute Gasteiger partial charge is 0.453 e. The predicted octanol–water partition coefficient (Wildman–Crippen LogP) is 6.78. The topological polar surface area (TPSA) is 38.9 Å². The molecule has 0 bridgehead atoms. The molecule has 0 aliphatic carbocycles. The third kappa shape index (κ3) is 2.84. The molecule has 0 spiro atoms. The van der Waals surface area contributed by atoms with Crippen LogP contribution in [0.25, 0.3) is 44.1 Å². The van der Waals surface area contributed by atoms with Gasteiger partial charge in [0.15, 0.2) is 5.58 Å². The van der Waals surface area contributed by atoms with Crippen molar-refractivity contribution >= 4 is 32.8 Å². The van der Waals surface area contributed by atoms with Crippen LogP contribution in [-0.4, -0.2) is 9.97 Å². The van der Waals surface area contributed by atoms with E-state index < -0.39 is 11.8 Å². The van der Waals surface area contributed by atoms with Crippen LogP contribution in [0, 0.1) is 5.41 Å². The van der Waals surface area contributed by atoms with Crippen LogP contribution >= 0.6 is 0 Å². The molecule has 0 saturated heterocycles. The molecule has 0 aliphatic rings. The summed E-state index contributed by atoms with van der Waals surface area (Å²) >= 11 is 0. The molecule has 0 aliphatic heterocycles. The number of pyridine rings is 2. The van der Waals surface area contributed by atoms with Crippen LogP contribution < -0.4 is 0 Å². The van der Waals surface area contributed by atoms with Crippen LogP contribution in [-0.2, 0) is 6.37 Å². The molecule has 3 aromatic heterocycles. The minimum absolute atomic E-state index is 0.417. The van der Waals surface area contributed by atoms with E-state index in [2.05, 4.69) is 4.98 Å². The van der Waals surface area contributed by atoms with Crippen molar-refractivity contribution in [3.05, 3.63) is 72.6 Å². The van der Waals surface area contributed by atoms with Gasteiger partial charge in [-0.25, -0.2) is 4.98 Å². The molecule has 28 heavy (non-hydrogen) atoms. The van der Waals surface area contributed by atoms with Crippen molar-refractivity contribution in [2.24, 2.45) is 5.41 Å². The van der Waals surface area contributed by atoms with Crippen molar-refractivity contribution in [3.8, 4) is 11.3 Å². The van der Waals surface area contributed by atoms with Gasteiger partial charge in [0, 0.05) is 36.4 Å². The third-order valence-corrected chi connectivity index (χ3v) is 4.77. The predicted molar refractivity (Wildman–Crippen MR) is 115 cm³/mol. The van der Waals surface area contributed by atoms with Gasteiger partial charge in [-0.15, -0.1) is 0 Å². The second kappa shape index (κ2) is 6.16. The molecule has 0 amide bonds. The highest BCUT2D eigenvalue weighted by atomic mass is 16.3. The van der Waals surface area contributed by atoms with Gasteiger partial charge >= 0.3 is 0 Å². The molecule has 0 radical (unpaired) electrons. The van der Waals surface area contributed by atoms with E-state index in [-0.39, 0.29) is 0 Å². The fraction of sp³-hybridized carbons (Fsp3) is 0.200. The molecule has 0 unspecified atom stereocenters. The molecule has 3 heteroatoms. The highest BCUT2D eigenvalue weighted by Crippen LogP contribution is 2.37. The molecule has 0 fully saturated rings. The molecule has 3 nitrogen and oxygen atoms in total. The highest BCUT2D eigenvalue weighted by Gasteiger charge is 2.17. The Hall–Kier alpha value is -3.20. The van der Waals surface area contributed by atoms with Gasteiger partial charge in [0.05, 0.1) is 5.69 Å². The minimum Gasteiger partial charge on any atom is -0.453 e. The molecule has 2 aromatic carbocycles. The van der Waals surface area contributed by atoms with Crippen molar-refractivity contribution in [1.82, 2.24) is 9.97 Å². The first-order valence-electron chi connectivity index (χ1n) is 10.4. The van der Waals surface area contributed by atoms with E-state index in [1.807, 2.05) is 75.4 Å². The number of nitrogens with zero attached hydrogens (tertiary/aromatic N) is 2. The van der Waals surface area contributed by atoms with E-state index >= 15 is 0 Å². The maximum absolute atomic E-state index is 8.62. The van der Waals surface area contributed by atoms with Gasteiger partial charge in [0.2, 0.25) is 0 Å². The lowest BCUT2D eigenvalue weighted by molar-refractivity contribution is 0.407. The third-order valence-electron chi connectivity index (χ3n) is 4.77. The fourth-order valence-corrected chi connectivity index (χ4v) is 3.62. The van der Waals surface area contributed by atoms with Crippen molar-refractivity contribution in [1.29, 1.82) is 0 Å². The Kier molecular flexibility index (Phi) is 3.26. The zero-order valence-electron chi connectivity index (χ0n) is 18.2. The van der Waals surface area contributed by atoms with Crippen molar-refractivity contribution in [2.45, 2.75) is 27.1 Å². The zero-order valence-corrected chi connectivity index (χ0v) is 16.2. The van der Waals surface area contributed by atoms with Crippen LogP contribution in [0.2, 0.25) is 0 Å². The lowest BCUT2D eigenvalue weighted by Gasteiger charge is -2.17. The summed E-state index contributed by atoms with van der Waals surface area (Å²) in [6.45, 7) is 5.67. The van der Waals surface area contributed by atoms with Gasteiger partial charge in [-0.2, -0.15) is 0 Å². The fourth-order valence-electron chi connectivity index (χ4n) is 3.62. The second-order valence-electron chi connectivity index (χ2n) is 8.08. The van der Waals surface area contributed by atoms with Crippen molar-refractivity contribution in [2.75, 3.05) is 0 Å². The quantitative estimate of drug-likeness (QED) is 0.344. The first-order valence-corrected chi connectivity index (χ1v) is 9.44. The van der Waals surface area contributed by atoms with E-state index in [9.17, 15) is 0 Å². The van der Waals surface area contributed by atoms with Gasteiger partial charge in [-0.1, -0.05) is 51.1 Å². The Bertz CT molecular complexity index is 1400. The van der Waals surface area contributed by atoms with Gasteiger partial charge < -0.3 is 4.42 Å². The summed E-state index contributed by atoms with van der Waals surface area (Å²) < 4.78 is 23.6. The van der Waals surface area contributed by atoms with Gasteiger partial charge in [-0.05, 0) is 42.1 Å². The van der Waals surface area contributed by atoms with Crippen LogP contribution in [0.1, 0.15) is 29.2 Å². The van der Waals surface area contributed by atoms with Crippen molar-refractivity contribution in [3.63, 3.8) is 0 Å². The average molecular weight is 368 g/mol. The number of aromatic nitrogens is 2. The molecular weight excluding hydrogens is 344 g/mol. The Balaban J connectivity index is 1.82. The van der Waals surface area contributed by atoms with E-state index in [1.165, 1.54) is 0 Å². The summed E-state index contributed by atoms with van der Waals surface area (Å²) in [4.78, 5) is 9.23. The normalized spacial score (nSPS) is 13.8. The summed E-state index contributed by atoms with van der Waals surface area (Å²) in [5.41, 5.74) is 3.74. The maximum Gasteiger partial charge on any atom is 0.161 e. The minimum atomic E-state index is -1.57. The summed E-state index contributed by atoms with van der Waals surface area (Å²) in [5.74, 6) is 0. The SMILES string of the molecule is [2H]C([2H])(c1ccc2ccc3c4cccc(-c5ccccn5)c4oc3c2n1)C(C)(C)C. The number of fused-ring (bicyclic) bond motifs is 5. The van der Waals surface area contributed by atoms with Crippen molar-refractivity contribution < 1.29 is 7.16 Å². The molecule has 0 saturated carbocycles. The summed E-state index contributed by atoms with van der Waals surface area (Å²) in [6.07, 6.45) is 0.198. The first kappa shape index (κ1) is 14.8. The monoisotopic (exact) mass is 368 g/mol.